The average Bonchev–Trinajstić information content (AvgIpc) is 2.03. The summed E-state index contributed by atoms with van der Waals surface area (Å²) in [6.45, 7) is 0. The minimum atomic E-state index is -1.05. The molecule has 0 saturated carbocycles. The molecule has 2 N–H and O–H groups in total. The molecular formula is C8H8BrNO3. The Balaban J connectivity index is 2.76. The molecule has 1 aromatic heterocycles. The summed E-state index contributed by atoms with van der Waals surface area (Å²) in [5.74, 6) is -1.05. The van der Waals surface area contributed by atoms with Gasteiger partial charge in [-0.3, -0.25) is 4.79 Å². The maximum absolute atomic E-state index is 10.3. The molecule has 5 heteroatoms. The van der Waals surface area contributed by atoms with Crippen molar-refractivity contribution < 1.29 is 15.0 Å². The molecule has 1 rings (SSSR count). The monoisotopic (exact) mass is 245 g/mol. The van der Waals surface area contributed by atoms with Gasteiger partial charge in [0.25, 0.3) is 0 Å². The second kappa shape index (κ2) is 4.34. The van der Waals surface area contributed by atoms with Crippen molar-refractivity contribution in [1.29, 1.82) is 0 Å². The van der Waals surface area contributed by atoms with Crippen LogP contribution in [-0.2, 0) is 4.79 Å². The van der Waals surface area contributed by atoms with Crippen molar-refractivity contribution in [3.05, 3.63) is 28.5 Å². The van der Waals surface area contributed by atoms with Gasteiger partial charge >= 0.3 is 5.97 Å². The number of carboxylic acids is 1. The van der Waals surface area contributed by atoms with Gasteiger partial charge in [0.15, 0.2) is 0 Å². The molecule has 0 saturated heterocycles. The summed E-state index contributed by atoms with van der Waals surface area (Å²) in [6.07, 6.45) is -1.38. The Morgan fingerprint density at radius 2 is 2.31 bits per heavy atom. The number of carboxylic acid groups (broad SMARTS) is 1. The second-order valence-corrected chi connectivity index (χ2v) is 3.31. The highest BCUT2D eigenvalue weighted by Crippen LogP contribution is 2.16. The number of rotatable bonds is 3. The highest BCUT2D eigenvalue weighted by molar-refractivity contribution is 9.10. The summed E-state index contributed by atoms with van der Waals surface area (Å²) in [6, 6.07) is 4.98. The van der Waals surface area contributed by atoms with E-state index in [0.717, 1.165) is 0 Å². The Kier molecular flexibility index (Phi) is 3.39. The summed E-state index contributed by atoms with van der Waals surface area (Å²) in [5.41, 5.74) is 0.358. The van der Waals surface area contributed by atoms with Gasteiger partial charge < -0.3 is 10.2 Å². The highest BCUT2D eigenvalue weighted by atomic mass is 79.9. The zero-order valence-corrected chi connectivity index (χ0v) is 8.23. The highest BCUT2D eigenvalue weighted by Gasteiger charge is 2.12. The first-order chi connectivity index (χ1) is 6.09. The second-order valence-electron chi connectivity index (χ2n) is 2.50. The van der Waals surface area contributed by atoms with Crippen molar-refractivity contribution in [2.75, 3.05) is 0 Å². The number of nitrogens with zero attached hydrogens (tertiary/aromatic N) is 1. The molecule has 1 atom stereocenters. The Bertz CT molecular complexity index is 316. The van der Waals surface area contributed by atoms with Crippen molar-refractivity contribution in [2.45, 2.75) is 12.5 Å². The van der Waals surface area contributed by atoms with Crippen LogP contribution in [0.1, 0.15) is 18.2 Å². The molecule has 70 valence electrons. The SMILES string of the molecule is O=C(O)C[C@@H](O)c1cccc(Br)n1. The maximum atomic E-state index is 10.3. The minimum Gasteiger partial charge on any atom is -0.481 e. The van der Waals surface area contributed by atoms with Crippen LogP contribution in [0.4, 0.5) is 0 Å². The minimum absolute atomic E-state index is 0.330. The van der Waals surface area contributed by atoms with Gasteiger partial charge in [-0.15, -0.1) is 0 Å². The molecule has 0 radical (unpaired) electrons. The van der Waals surface area contributed by atoms with Gasteiger partial charge in [-0.2, -0.15) is 0 Å². The maximum Gasteiger partial charge on any atom is 0.306 e. The third kappa shape index (κ3) is 3.12. The van der Waals surface area contributed by atoms with Gasteiger partial charge in [0, 0.05) is 0 Å². The third-order valence-electron chi connectivity index (χ3n) is 1.45. The van der Waals surface area contributed by atoms with Gasteiger partial charge in [0.05, 0.1) is 12.1 Å². The first-order valence-electron chi connectivity index (χ1n) is 3.62. The summed E-state index contributed by atoms with van der Waals surface area (Å²) >= 11 is 3.13. The first-order valence-corrected chi connectivity index (χ1v) is 4.41. The van der Waals surface area contributed by atoms with Gasteiger partial charge in [-0.1, -0.05) is 6.07 Å². The molecule has 0 amide bonds. The van der Waals surface area contributed by atoms with Crippen molar-refractivity contribution in [3.63, 3.8) is 0 Å². The normalized spacial score (nSPS) is 12.5. The molecule has 4 nitrogen and oxygen atoms in total. The van der Waals surface area contributed by atoms with E-state index >= 15 is 0 Å². The lowest BCUT2D eigenvalue weighted by molar-refractivity contribution is -0.139. The molecule has 1 aromatic rings. The van der Waals surface area contributed by atoms with E-state index in [4.69, 9.17) is 5.11 Å². The molecule has 13 heavy (non-hydrogen) atoms. The van der Waals surface area contributed by atoms with Gasteiger partial charge in [-0.05, 0) is 28.1 Å². The van der Waals surface area contributed by atoms with Crippen LogP contribution >= 0.6 is 15.9 Å². The fourth-order valence-electron chi connectivity index (χ4n) is 0.880. The van der Waals surface area contributed by atoms with Crippen molar-refractivity contribution in [1.82, 2.24) is 4.98 Å². The van der Waals surface area contributed by atoms with Crippen LogP contribution in [0.3, 0.4) is 0 Å². The Morgan fingerprint density at radius 3 is 2.85 bits per heavy atom. The molecular weight excluding hydrogens is 238 g/mol. The molecule has 0 aliphatic rings. The molecule has 1 heterocycles. The summed E-state index contributed by atoms with van der Waals surface area (Å²) in [4.78, 5) is 14.2. The number of carbonyl (C=O) groups is 1. The molecule has 0 bridgehead atoms. The zero-order chi connectivity index (χ0) is 9.84. The quantitative estimate of drug-likeness (QED) is 0.790. The van der Waals surface area contributed by atoms with Crippen LogP contribution in [0.15, 0.2) is 22.8 Å². The molecule has 0 spiro atoms. The van der Waals surface area contributed by atoms with E-state index in [1.165, 1.54) is 0 Å². The summed E-state index contributed by atoms with van der Waals surface area (Å²) in [7, 11) is 0. The van der Waals surface area contributed by atoms with Crippen molar-refractivity contribution >= 4 is 21.9 Å². The lowest BCUT2D eigenvalue weighted by atomic mass is 10.2. The van der Waals surface area contributed by atoms with Crippen LogP contribution in [0.5, 0.6) is 0 Å². The summed E-state index contributed by atoms with van der Waals surface area (Å²) < 4.78 is 0.578. The zero-order valence-electron chi connectivity index (χ0n) is 6.64. The van der Waals surface area contributed by atoms with Gasteiger partial charge in [-0.25, -0.2) is 4.98 Å². The van der Waals surface area contributed by atoms with Crippen LogP contribution in [-0.4, -0.2) is 21.2 Å². The number of hydrogen-bond acceptors (Lipinski definition) is 3. The van der Waals surface area contributed by atoms with Crippen LogP contribution in [0.25, 0.3) is 0 Å². The average molecular weight is 246 g/mol. The van der Waals surface area contributed by atoms with Crippen LogP contribution in [0.2, 0.25) is 0 Å². The molecule has 0 aliphatic heterocycles. The third-order valence-corrected chi connectivity index (χ3v) is 1.89. The van der Waals surface area contributed by atoms with Crippen LogP contribution in [0, 0.1) is 0 Å². The van der Waals surface area contributed by atoms with E-state index < -0.39 is 12.1 Å². The van der Waals surface area contributed by atoms with Gasteiger partial charge in [0.2, 0.25) is 0 Å². The van der Waals surface area contributed by atoms with Crippen molar-refractivity contribution in [3.8, 4) is 0 Å². The fraction of sp³-hybridized carbons (Fsp3) is 0.250. The number of aliphatic hydroxyl groups excluding tert-OH is 1. The lowest BCUT2D eigenvalue weighted by Gasteiger charge is -2.06. The largest absolute Gasteiger partial charge is 0.481 e. The number of pyridine rings is 1. The molecule has 0 aliphatic carbocycles. The van der Waals surface area contributed by atoms with Crippen molar-refractivity contribution in [2.24, 2.45) is 0 Å². The van der Waals surface area contributed by atoms with E-state index in [2.05, 4.69) is 20.9 Å². The standard InChI is InChI=1S/C8H8BrNO3/c9-7-3-1-2-5(10-7)6(11)4-8(12)13/h1-3,6,11H,4H2,(H,12,13)/t6-/m1/s1. The van der Waals surface area contributed by atoms with E-state index in [9.17, 15) is 9.90 Å². The molecule has 0 aromatic carbocycles. The topological polar surface area (TPSA) is 70.4 Å². The van der Waals surface area contributed by atoms with E-state index in [1.807, 2.05) is 0 Å². The molecule has 0 fully saturated rings. The Hall–Kier alpha value is -0.940. The lowest BCUT2D eigenvalue weighted by Crippen LogP contribution is -2.06. The van der Waals surface area contributed by atoms with E-state index in [1.54, 1.807) is 18.2 Å². The number of hydrogen-bond donors (Lipinski definition) is 2. The number of aromatic nitrogens is 1. The number of aliphatic carboxylic acids is 1. The Morgan fingerprint density at radius 1 is 1.62 bits per heavy atom. The number of halogens is 1. The summed E-state index contributed by atoms with van der Waals surface area (Å²) in [5, 5.41) is 17.8. The van der Waals surface area contributed by atoms with E-state index in [0.29, 0.717) is 10.3 Å². The predicted molar refractivity (Wildman–Crippen MR) is 49.1 cm³/mol. The number of aliphatic hydroxyl groups is 1. The van der Waals surface area contributed by atoms with Gasteiger partial charge in [0.1, 0.15) is 10.7 Å². The first kappa shape index (κ1) is 10.1. The predicted octanol–water partition coefficient (Wildman–Crippen LogP) is 1.35. The van der Waals surface area contributed by atoms with E-state index in [-0.39, 0.29) is 6.42 Å². The fourth-order valence-corrected chi connectivity index (χ4v) is 1.24. The smallest absolute Gasteiger partial charge is 0.306 e. The molecule has 0 unspecified atom stereocenters. The Labute approximate surface area is 83.4 Å². The van der Waals surface area contributed by atoms with Crippen LogP contribution < -0.4 is 0 Å².